The van der Waals surface area contributed by atoms with Crippen LogP contribution in [0, 0.1) is 12.8 Å². The molecule has 0 spiro atoms. The van der Waals surface area contributed by atoms with Crippen LogP contribution in [0.25, 0.3) is 0 Å². The van der Waals surface area contributed by atoms with E-state index in [-0.39, 0.29) is 24.2 Å². The van der Waals surface area contributed by atoms with E-state index < -0.39 is 0 Å². The van der Waals surface area contributed by atoms with Gasteiger partial charge in [0.2, 0.25) is 11.8 Å². The zero-order valence-electron chi connectivity index (χ0n) is 12.3. The van der Waals surface area contributed by atoms with Gasteiger partial charge >= 0.3 is 0 Å². The Morgan fingerprint density at radius 3 is 2.86 bits per heavy atom. The van der Waals surface area contributed by atoms with Gasteiger partial charge in [0, 0.05) is 24.9 Å². The summed E-state index contributed by atoms with van der Waals surface area (Å²) in [5.74, 6) is -0.405. The molecule has 2 heterocycles. The van der Waals surface area contributed by atoms with E-state index in [1.54, 1.807) is 4.90 Å². The van der Waals surface area contributed by atoms with Crippen molar-refractivity contribution in [2.24, 2.45) is 5.92 Å². The number of aryl methyl sites for hydroxylation is 1. The number of benzene rings is 1. The number of hydrogen-bond donors (Lipinski definition) is 1. The molecule has 2 amide bonds. The maximum absolute atomic E-state index is 12.2. The van der Waals surface area contributed by atoms with Gasteiger partial charge in [-0.15, -0.1) is 11.3 Å². The molecule has 1 atom stereocenters. The zero-order chi connectivity index (χ0) is 15.5. The van der Waals surface area contributed by atoms with Gasteiger partial charge in [0.25, 0.3) is 0 Å². The van der Waals surface area contributed by atoms with Crippen LogP contribution in [0.15, 0.2) is 35.7 Å². The van der Waals surface area contributed by atoms with Gasteiger partial charge in [-0.25, -0.2) is 4.98 Å². The van der Waals surface area contributed by atoms with Crippen molar-refractivity contribution in [1.29, 1.82) is 0 Å². The molecule has 114 valence electrons. The maximum atomic E-state index is 12.2. The van der Waals surface area contributed by atoms with Crippen LogP contribution in [0.1, 0.15) is 17.7 Å². The summed E-state index contributed by atoms with van der Waals surface area (Å²) in [6, 6.07) is 9.81. The second-order valence-electron chi connectivity index (χ2n) is 5.44. The molecule has 0 bridgehead atoms. The van der Waals surface area contributed by atoms with Crippen molar-refractivity contribution in [2.75, 3.05) is 11.9 Å². The fraction of sp³-hybridized carbons (Fsp3) is 0.312. The summed E-state index contributed by atoms with van der Waals surface area (Å²) in [6.07, 6.45) is 0.267. The summed E-state index contributed by atoms with van der Waals surface area (Å²) >= 11 is 1.40. The molecule has 1 fully saturated rings. The van der Waals surface area contributed by atoms with E-state index in [0.29, 0.717) is 18.2 Å². The Balaban J connectivity index is 1.60. The molecule has 1 N–H and O–H groups in total. The molecule has 0 saturated carbocycles. The van der Waals surface area contributed by atoms with E-state index in [2.05, 4.69) is 10.3 Å². The highest BCUT2D eigenvalue weighted by molar-refractivity contribution is 7.13. The Hall–Kier alpha value is -2.21. The van der Waals surface area contributed by atoms with Crippen LogP contribution in [0.3, 0.4) is 0 Å². The predicted molar refractivity (Wildman–Crippen MR) is 85.4 cm³/mol. The lowest BCUT2D eigenvalue weighted by atomic mass is 10.1. The third kappa shape index (κ3) is 3.33. The second-order valence-corrected chi connectivity index (χ2v) is 6.30. The molecule has 0 aliphatic carbocycles. The van der Waals surface area contributed by atoms with E-state index in [0.717, 1.165) is 11.3 Å². The average Bonchev–Trinajstić information content (AvgIpc) is 3.07. The summed E-state index contributed by atoms with van der Waals surface area (Å²) in [4.78, 5) is 30.3. The van der Waals surface area contributed by atoms with Gasteiger partial charge in [-0.3, -0.25) is 9.59 Å². The predicted octanol–water partition coefficient (Wildman–Crippen LogP) is 2.44. The topological polar surface area (TPSA) is 62.3 Å². The average molecular weight is 315 g/mol. The van der Waals surface area contributed by atoms with Crippen LogP contribution in [0.5, 0.6) is 0 Å². The Morgan fingerprint density at radius 2 is 2.18 bits per heavy atom. The summed E-state index contributed by atoms with van der Waals surface area (Å²) in [6.45, 7) is 2.90. The quantitative estimate of drug-likeness (QED) is 0.942. The zero-order valence-corrected chi connectivity index (χ0v) is 13.1. The van der Waals surface area contributed by atoms with Crippen molar-refractivity contribution in [3.05, 3.63) is 47.0 Å². The summed E-state index contributed by atoms with van der Waals surface area (Å²) < 4.78 is 0. The fourth-order valence-corrected chi connectivity index (χ4v) is 3.21. The number of nitrogens with zero attached hydrogens (tertiary/aromatic N) is 2. The van der Waals surface area contributed by atoms with Gasteiger partial charge in [0.1, 0.15) is 0 Å². The fourth-order valence-electron chi connectivity index (χ4n) is 2.52. The third-order valence-electron chi connectivity index (χ3n) is 3.65. The van der Waals surface area contributed by atoms with Crippen molar-refractivity contribution in [3.8, 4) is 0 Å². The van der Waals surface area contributed by atoms with E-state index in [1.807, 2.05) is 42.6 Å². The molecule has 3 rings (SSSR count). The highest BCUT2D eigenvalue weighted by Gasteiger charge is 2.34. The SMILES string of the molecule is Cc1csc(NC(=O)[C@@H]2CC(=O)N(Cc3ccccc3)C2)n1. The monoisotopic (exact) mass is 315 g/mol. The first-order valence-electron chi connectivity index (χ1n) is 7.16. The highest BCUT2D eigenvalue weighted by Crippen LogP contribution is 2.23. The van der Waals surface area contributed by atoms with E-state index >= 15 is 0 Å². The number of rotatable bonds is 4. The molecule has 6 heteroatoms. The molecule has 1 aromatic carbocycles. The van der Waals surface area contributed by atoms with Crippen molar-refractivity contribution in [3.63, 3.8) is 0 Å². The molecule has 5 nitrogen and oxygen atoms in total. The van der Waals surface area contributed by atoms with Gasteiger partial charge in [0.15, 0.2) is 5.13 Å². The number of thiazole rings is 1. The van der Waals surface area contributed by atoms with Crippen molar-refractivity contribution in [1.82, 2.24) is 9.88 Å². The lowest BCUT2D eigenvalue weighted by Crippen LogP contribution is -2.28. The molecular weight excluding hydrogens is 298 g/mol. The van der Waals surface area contributed by atoms with Crippen LogP contribution in [0.4, 0.5) is 5.13 Å². The number of amides is 2. The third-order valence-corrected chi connectivity index (χ3v) is 4.53. The molecule has 2 aromatic rings. The molecule has 0 unspecified atom stereocenters. The Morgan fingerprint density at radius 1 is 1.41 bits per heavy atom. The number of anilines is 1. The van der Waals surface area contributed by atoms with Crippen molar-refractivity contribution >= 4 is 28.3 Å². The highest BCUT2D eigenvalue weighted by atomic mass is 32.1. The first-order chi connectivity index (χ1) is 10.6. The van der Waals surface area contributed by atoms with Gasteiger partial charge < -0.3 is 10.2 Å². The Bertz CT molecular complexity index is 684. The van der Waals surface area contributed by atoms with Crippen molar-refractivity contribution < 1.29 is 9.59 Å². The molecule has 1 aromatic heterocycles. The van der Waals surface area contributed by atoms with E-state index in [1.165, 1.54) is 11.3 Å². The summed E-state index contributed by atoms with van der Waals surface area (Å²) in [5, 5.41) is 5.28. The minimum atomic E-state index is -0.305. The van der Waals surface area contributed by atoms with Gasteiger partial charge in [-0.1, -0.05) is 30.3 Å². The number of nitrogens with one attached hydrogen (secondary N) is 1. The Labute approximate surface area is 133 Å². The largest absolute Gasteiger partial charge is 0.338 e. The van der Waals surface area contributed by atoms with Crippen LogP contribution in [-0.2, 0) is 16.1 Å². The van der Waals surface area contributed by atoms with Crippen LogP contribution in [-0.4, -0.2) is 28.2 Å². The first kappa shape index (κ1) is 14.7. The van der Waals surface area contributed by atoms with Crippen LogP contribution in [0.2, 0.25) is 0 Å². The normalized spacial score (nSPS) is 17.8. The number of carbonyl (C=O) groups excluding carboxylic acids is 2. The van der Waals surface area contributed by atoms with Gasteiger partial charge in [-0.05, 0) is 12.5 Å². The number of likely N-dealkylation sites (tertiary alicyclic amines) is 1. The minimum Gasteiger partial charge on any atom is -0.338 e. The van der Waals surface area contributed by atoms with Gasteiger partial charge in [0.05, 0.1) is 11.6 Å². The molecule has 22 heavy (non-hydrogen) atoms. The number of hydrogen-bond acceptors (Lipinski definition) is 4. The standard InChI is InChI=1S/C16H17N3O2S/c1-11-10-22-16(17-11)18-15(21)13-7-14(20)19(9-13)8-12-5-3-2-4-6-12/h2-6,10,13H,7-9H2,1H3,(H,17,18,21)/t13-/m1/s1. The van der Waals surface area contributed by atoms with Crippen LogP contribution < -0.4 is 5.32 Å². The molecule has 1 aliphatic rings. The number of aromatic nitrogens is 1. The lowest BCUT2D eigenvalue weighted by molar-refractivity contribution is -0.128. The molecule has 1 saturated heterocycles. The van der Waals surface area contributed by atoms with E-state index in [9.17, 15) is 9.59 Å². The summed E-state index contributed by atoms with van der Waals surface area (Å²) in [5.41, 5.74) is 1.96. The smallest absolute Gasteiger partial charge is 0.231 e. The van der Waals surface area contributed by atoms with Crippen molar-refractivity contribution in [2.45, 2.75) is 19.9 Å². The molecular formula is C16H17N3O2S. The maximum Gasteiger partial charge on any atom is 0.231 e. The molecule has 1 aliphatic heterocycles. The minimum absolute atomic E-state index is 0.0272. The van der Waals surface area contributed by atoms with Crippen LogP contribution >= 0.6 is 11.3 Å². The molecule has 0 radical (unpaired) electrons. The summed E-state index contributed by atoms with van der Waals surface area (Å²) in [7, 11) is 0. The lowest BCUT2D eigenvalue weighted by Gasteiger charge is -2.16. The second kappa shape index (κ2) is 6.27. The van der Waals surface area contributed by atoms with Gasteiger partial charge in [-0.2, -0.15) is 0 Å². The Kier molecular flexibility index (Phi) is 4.20. The van der Waals surface area contributed by atoms with E-state index in [4.69, 9.17) is 0 Å². The first-order valence-corrected chi connectivity index (χ1v) is 8.04. The number of carbonyl (C=O) groups is 2.